The quantitative estimate of drug-likeness (QED) is 0.427. The van der Waals surface area contributed by atoms with Gasteiger partial charge in [-0.3, -0.25) is 14.2 Å². The second kappa shape index (κ2) is 11.8. The summed E-state index contributed by atoms with van der Waals surface area (Å²) in [6.07, 6.45) is 3.68. The minimum atomic E-state index is -0.362. The van der Waals surface area contributed by atoms with Crippen LogP contribution in [0.3, 0.4) is 0 Å². The molecule has 0 saturated carbocycles. The Balaban J connectivity index is 0.000000196. The van der Waals surface area contributed by atoms with Crippen LogP contribution in [0.15, 0.2) is 27.8 Å². The molecule has 170 valence electrons. The van der Waals surface area contributed by atoms with E-state index in [0.717, 1.165) is 70.5 Å². The van der Waals surface area contributed by atoms with Crippen LogP contribution >= 0.6 is 0 Å². The molecule has 9 heteroatoms. The lowest BCUT2D eigenvalue weighted by Gasteiger charge is -2.26. The second-order valence-corrected chi connectivity index (χ2v) is 8.05. The molecule has 1 aromatic heterocycles. The average Bonchev–Trinajstić information content (AvgIpc) is 3.29. The Labute approximate surface area is 181 Å². The zero-order valence-electron chi connectivity index (χ0n) is 18.2. The summed E-state index contributed by atoms with van der Waals surface area (Å²) in [7, 11) is 0. The van der Waals surface area contributed by atoms with E-state index < -0.39 is 0 Å². The fraction of sp³-hybridized carbons (Fsp3) is 0.591. The minimum Gasteiger partial charge on any atom is -0.376 e. The Morgan fingerprint density at radius 2 is 2.06 bits per heavy atom. The number of aryl methyl sites for hydroxylation is 1. The Bertz CT molecular complexity index is 959. The maximum atomic E-state index is 12.3. The summed E-state index contributed by atoms with van der Waals surface area (Å²) in [5.41, 5.74) is 1.01. The third-order valence-corrected chi connectivity index (χ3v) is 5.64. The van der Waals surface area contributed by atoms with Gasteiger partial charge in [-0.2, -0.15) is 0 Å². The van der Waals surface area contributed by atoms with E-state index in [1.165, 1.54) is 4.57 Å². The summed E-state index contributed by atoms with van der Waals surface area (Å²) < 4.78 is 6.73. The number of nitrogens with one attached hydrogen (secondary N) is 3. The van der Waals surface area contributed by atoms with Crippen LogP contribution in [-0.4, -0.2) is 72.8 Å². The first kappa shape index (κ1) is 23.2. The number of aromatic amines is 1. The second-order valence-electron chi connectivity index (χ2n) is 8.05. The van der Waals surface area contributed by atoms with Gasteiger partial charge in [-0.15, -0.1) is 0 Å². The molecule has 3 N–H and O–H groups in total. The van der Waals surface area contributed by atoms with Crippen molar-refractivity contribution in [3.8, 4) is 0 Å². The highest BCUT2D eigenvalue weighted by molar-refractivity contribution is 5.77. The van der Waals surface area contributed by atoms with Crippen LogP contribution in [0, 0.1) is 6.92 Å². The van der Waals surface area contributed by atoms with E-state index in [1.54, 1.807) is 6.07 Å². The fourth-order valence-corrected chi connectivity index (χ4v) is 3.92. The molecule has 0 radical (unpaired) electrons. The summed E-state index contributed by atoms with van der Waals surface area (Å²) in [6.45, 7) is 9.35. The van der Waals surface area contributed by atoms with Gasteiger partial charge in [-0.05, 0) is 50.4 Å². The predicted molar refractivity (Wildman–Crippen MR) is 121 cm³/mol. The van der Waals surface area contributed by atoms with Crippen molar-refractivity contribution in [3.05, 3.63) is 44.6 Å². The standard InChI is InChI=1S/C14H16N2O3.C8H17N3O/c1-9-4-5-11-12(7-9)15-14(18)16(13(11)17)8-10-3-2-6-19-10;12-8-10-2-1-5-11-6-3-9-4-7-11/h4-5,7,10H,2-3,6,8H2,1H3,(H,15,18);8-9H,1-7H2,(H,10,12). The summed E-state index contributed by atoms with van der Waals surface area (Å²) in [5.74, 6) is 0. The Kier molecular flexibility index (Phi) is 8.81. The molecule has 1 aromatic carbocycles. The van der Waals surface area contributed by atoms with E-state index in [2.05, 4.69) is 20.5 Å². The third-order valence-electron chi connectivity index (χ3n) is 5.64. The molecule has 1 atom stereocenters. The minimum absolute atomic E-state index is 0.0262. The maximum absolute atomic E-state index is 12.3. The lowest BCUT2D eigenvalue weighted by Crippen LogP contribution is -2.44. The third kappa shape index (κ3) is 6.75. The highest BCUT2D eigenvalue weighted by atomic mass is 16.5. The number of carbonyl (C=O) groups excluding carboxylic acids is 1. The van der Waals surface area contributed by atoms with Crippen molar-refractivity contribution in [2.24, 2.45) is 0 Å². The molecule has 2 aromatic rings. The number of nitrogens with zero attached hydrogens (tertiary/aromatic N) is 2. The van der Waals surface area contributed by atoms with E-state index in [-0.39, 0.29) is 17.4 Å². The number of piperazine rings is 1. The zero-order valence-corrected chi connectivity index (χ0v) is 18.2. The van der Waals surface area contributed by atoms with E-state index in [1.807, 2.05) is 19.1 Å². The Morgan fingerprint density at radius 1 is 1.26 bits per heavy atom. The first-order valence-corrected chi connectivity index (χ1v) is 11.0. The number of aromatic nitrogens is 2. The van der Waals surface area contributed by atoms with Gasteiger partial charge >= 0.3 is 5.69 Å². The van der Waals surface area contributed by atoms with E-state index in [9.17, 15) is 14.4 Å². The molecule has 2 saturated heterocycles. The van der Waals surface area contributed by atoms with Gasteiger partial charge in [0, 0.05) is 39.3 Å². The highest BCUT2D eigenvalue weighted by Gasteiger charge is 2.18. The average molecular weight is 432 g/mol. The van der Waals surface area contributed by atoms with E-state index >= 15 is 0 Å². The molecule has 1 amide bonds. The largest absolute Gasteiger partial charge is 0.376 e. The van der Waals surface area contributed by atoms with Gasteiger partial charge < -0.3 is 25.3 Å². The van der Waals surface area contributed by atoms with Crippen LogP contribution in [-0.2, 0) is 16.1 Å². The molecule has 4 rings (SSSR count). The number of rotatable bonds is 7. The number of H-pyrrole nitrogens is 1. The molecule has 1 unspecified atom stereocenters. The number of ether oxygens (including phenoxy) is 1. The van der Waals surface area contributed by atoms with Gasteiger partial charge in [0.2, 0.25) is 6.41 Å². The number of carbonyl (C=O) groups is 1. The number of fused-ring (bicyclic) bond motifs is 1. The summed E-state index contributed by atoms with van der Waals surface area (Å²) >= 11 is 0. The Morgan fingerprint density at radius 3 is 2.77 bits per heavy atom. The van der Waals surface area contributed by atoms with Crippen molar-refractivity contribution >= 4 is 17.3 Å². The topological polar surface area (TPSA) is 108 Å². The van der Waals surface area contributed by atoms with Gasteiger partial charge in [0.05, 0.1) is 23.6 Å². The monoisotopic (exact) mass is 431 g/mol. The van der Waals surface area contributed by atoms with Crippen LogP contribution in [0.25, 0.3) is 10.9 Å². The molecule has 31 heavy (non-hydrogen) atoms. The number of benzene rings is 1. The number of hydrogen-bond donors (Lipinski definition) is 3. The van der Waals surface area contributed by atoms with Crippen LogP contribution in [0.2, 0.25) is 0 Å². The van der Waals surface area contributed by atoms with Crippen LogP contribution in [0.5, 0.6) is 0 Å². The molecular formula is C22H33N5O4. The van der Waals surface area contributed by atoms with Crippen LogP contribution in [0.4, 0.5) is 0 Å². The van der Waals surface area contributed by atoms with E-state index in [0.29, 0.717) is 24.1 Å². The van der Waals surface area contributed by atoms with Crippen molar-refractivity contribution in [2.45, 2.75) is 38.8 Å². The van der Waals surface area contributed by atoms with Gasteiger partial charge in [0.1, 0.15) is 0 Å². The van der Waals surface area contributed by atoms with Crippen LogP contribution in [0.1, 0.15) is 24.8 Å². The maximum Gasteiger partial charge on any atom is 0.328 e. The van der Waals surface area contributed by atoms with E-state index in [4.69, 9.17) is 4.74 Å². The molecular weight excluding hydrogens is 398 g/mol. The van der Waals surface area contributed by atoms with Gasteiger partial charge in [-0.1, -0.05) is 6.07 Å². The first-order valence-electron chi connectivity index (χ1n) is 11.0. The molecule has 0 aliphatic carbocycles. The SMILES string of the molecule is Cc1ccc2c(=O)n(CC3CCCO3)c(=O)[nH]c2c1.O=CNCCCN1CCNCC1. The normalized spacial score (nSPS) is 19.1. The fourth-order valence-electron chi connectivity index (χ4n) is 3.92. The summed E-state index contributed by atoms with van der Waals surface area (Å²) in [5, 5.41) is 6.51. The van der Waals surface area contributed by atoms with Crippen molar-refractivity contribution in [2.75, 3.05) is 45.9 Å². The van der Waals surface area contributed by atoms with Gasteiger partial charge in [0.25, 0.3) is 5.56 Å². The lowest BCUT2D eigenvalue weighted by molar-refractivity contribution is -0.109. The predicted octanol–water partition coefficient (Wildman–Crippen LogP) is 0.205. The lowest BCUT2D eigenvalue weighted by atomic mass is 10.2. The molecule has 3 heterocycles. The Hall–Kier alpha value is -2.49. The van der Waals surface area contributed by atoms with Gasteiger partial charge in [-0.25, -0.2) is 4.79 Å². The van der Waals surface area contributed by atoms with Crippen molar-refractivity contribution in [3.63, 3.8) is 0 Å². The van der Waals surface area contributed by atoms with Crippen molar-refractivity contribution < 1.29 is 9.53 Å². The highest BCUT2D eigenvalue weighted by Crippen LogP contribution is 2.13. The summed E-state index contributed by atoms with van der Waals surface area (Å²) in [4.78, 5) is 39.4. The number of amides is 1. The van der Waals surface area contributed by atoms with Crippen molar-refractivity contribution in [1.29, 1.82) is 0 Å². The molecule has 0 spiro atoms. The first-order chi connectivity index (χ1) is 15.1. The van der Waals surface area contributed by atoms with Crippen LogP contribution < -0.4 is 21.9 Å². The zero-order chi connectivity index (χ0) is 22.1. The molecule has 2 fully saturated rings. The molecule has 9 nitrogen and oxygen atoms in total. The smallest absolute Gasteiger partial charge is 0.328 e. The number of hydrogen-bond acceptors (Lipinski definition) is 6. The molecule has 2 aliphatic rings. The molecule has 2 aliphatic heterocycles. The van der Waals surface area contributed by atoms with Gasteiger partial charge in [0.15, 0.2) is 0 Å². The summed E-state index contributed by atoms with van der Waals surface area (Å²) in [6, 6.07) is 5.45. The molecule has 0 bridgehead atoms. The van der Waals surface area contributed by atoms with Crippen molar-refractivity contribution in [1.82, 2.24) is 25.1 Å².